The van der Waals surface area contributed by atoms with Gasteiger partial charge in [-0.05, 0) is 42.8 Å². The van der Waals surface area contributed by atoms with Crippen LogP contribution >= 0.6 is 11.6 Å². The molecular weight excluding hydrogens is 338 g/mol. The number of halogens is 1. The van der Waals surface area contributed by atoms with E-state index in [1.165, 1.54) is 30.3 Å². The van der Waals surface area contributed by atoms with Crippen LogP contribution in [0, 0.1) is 0 Å². The smallest absolute Gasteiger partial charge is 0.255 e. The van der Waals surface area contributed by atoms with E-state index in [0.717, 1.165) is 11.8 Å². The minimum Gasteiger partial charge on any atom is -0.507 e. The zero-order valence-electron chi connectivity index (χ0n) is 12.6. The number of aromatic hydroxyl groups is 1. The third-order valence-electron chi connectivity index (χ3n) is 3.36. The van der Waals surface area contributed by atoms with Gasteiger partial charge >= 0.3 is 0 Å². The van der Waals surface area contributed by atoms with E-state index >= 15 is 0 Å². The number of carbonyl (C=O) groups is 1. The van der Waals surface area contributed by atoms with Crippen LogP contribution in [-0.2, 0) is 9.84 Å². The zero-order valence-corrected chi connectivity index (χ0v) is 14.1. The van der Waals surface area contributed by atoms with Crippen molar-refractivity contribution in [1.29, 1.82) is 0 Å². The van der Waals surface area contributed by atoms with Crippen molar-refractivity contribution in [1.82, 2.24) is 5.32 Å². The molecule has 2 rings (SSSR count). The molecule has 0 saturated carbocycles. The summed E-state index contributed by atoms with van der Waals surface area (Å²) in [5.74, 6) is -0.629. The molecule has 0 fully saturated rings. The quantitative estimate of drug-likeness (QED) is 0.885. The van der Waals surface area contributed by atoms with Crippen molar-refractivity contribution in [3.05, 3.63) is 58.6 Å². The lowest BCUT2D eigenvalue weighted by atomic mass is 10.1. The summed E-state index contributed by atoms with van der Waals surface area (Å²) < 4.78 is 22.9. The van der Waals surface area contributed by atoms with E-state index in [1.807, 2.05) is 0 Å². The molecule has 2 N–H and O–H groups in total. The van der Waals surface area contributed by atoms with Gasteiger partial charge in [0.2, 0.25) is 0 Å². The number of phenolic OH excluding ortho intramolecular Hbond substituents is 1. The molecule has 0 radical (unpaired) electrons. The Labute approximate surface area is 139 Å². The van der Waals surface area contributed by atoms with Crippen LogP contribution in [0.2, 0.25) is 5.02 Å². The molecule has 1 atom stereocenters. The van der Waals surface area contributed by atoms with Crippen molar-refractivity contribution in [3.63, 3.8) is 0 Å². The van der Waals surface area contributed by atoms with Gasteiger partial charge in [0, 0.05) is 11.3 Å². The van der Waals surface area contributed by atoms with Gasteiger partial charge in [0.1, 0.15) is 5.75 Å². The van der Waals surface area contributed by atoms with E-state index in [9.17, 15) is 18.3 Å². The first-order valence-corrected chi connectivity index (χ1v) is 9.05. The minimum absolute atomic E-state index is 0.0807. The minimum atomic E-state index is -3.26. The Bertz CT molecular complexity index is 832. The van der Waals surface area contributed by atoms with Crippen molar-refractivity contribution >= 4 is 27.3 Å². The summed E-state index contributed by atoms with van der Waals surface area (Å²) >= 11 is 5.83. The molecule has 0 aliphatic rings. The third kappa shape index (κ3) is 4.24. The summed E-state index contributed by atoms with van der Waals surface area (Å²) in [6.45, 7) is 1.76. The molecule has 2 aromatic rings. The Morgan fingerprint density at radius 2 is 1.78 bits per heavy atom. The largest absolute Gasteiger partial charge is 0.507 e. The van der Waals surface area contributed by atoms with Gasteiger partial charge in [-0.1, -0.05) is 23.7 Å². The molecule has 23 heavy (non-hydrogen) atoms. The summed E-state index contributed by atoms with van der Waals surface area (Å²) in [6.07, 6.45) is 1.13. The monoisotopic (exact) mass is 353 g/mol. The Kier molecular flexibility index (Phi) is 4.97. The van der Waals surface area contributed by atoms with Crippen molar-refractivity contribution in [2.45, 2.75) is 17.9 Å². The number of benzene rings is 2. The highest BCUT2D eigenvalue weighted by molar-refractivity contribution is 7.90. The second kappa shape index (κ2) is 6.60. The number of sulfone groups is 1. The average Bonchev–Trinajstić information content (AvgIpc) is 2.48. The van der Waals surface area contributed by atoms with E-state index in [4.69, 9.17) is 11.6 Å². The number of nitrogens with one attached hydrogen (secondary N) is 1. The van der Waals surface area contributed by atoms with Crippen molar-refractivity contribution < 1.29 is 18.3 Å². The number of rotatable bonds is 4. The number of amides is 1. The summed E-state index contributed by atoms with van der Waals surface area (Å²) in [5, 5.41) is 12.8. The van der Waals surface area contributed by atoms with E-state index in [-0.39, 0.29) is 22.3 Å². The van der Waals surface area contributed by atoms with E-state index < -0.39 is 15.7 Å². The summed E-state index contributed by atoms with van der Waals surface area (Å²) in [7, 11) is -3.26. The maximum atomic E-state index is 12.2. The second-order valence-corrected chi connectivity index (χ2v) is 7.65. The summed E-state index contributed by atoms with van der Waals surface area (Å²) in [6, 6.07) is 10.1. The van der Waals surface area contributed by atoms with Gasteiger partial charge in [-0.25, -0.2) is 8.42 Å². The molecule has 5 nitrogen and oxygen atoms in total. The Balaban J connectivity index is 2.17. The highest BCUT2D eigenvalue weighted by atomic mass is 35.5. The number of hydrogen-bond donors (Lipinski definition) is 2. The fourth-order valence-electron chi connectivity index (χ4n) is 2.05. The lowest BCUT2D eigenvalue weighted by molar-refractivity contribution is 0.0937. The Morgan fingerprint density at radius 3 is 2.35 bits per heavy atom. The van der Waals surface area contributed by atoms with Crippen LogP contribution in [0.3, 0.4) is 0 Å². The average molecular weight is 354 g/mol. The van der Waals surface area contributed by atoms with Gasteiger partial charge in [-0.2, -0.15) is 0 Å². The van der Waals surface area contributed by atoms with Crippen LogP contribution in [0.4, 0.5) is 0 Å². The molecule has 2 aromatic carbocycles. The van der Waals surface area contributed by atoms with Crippen LogP contribution in [0.25, 0.3) is 0 Å². The summed E-state index contributed by atoms with van der Waals surface area (Å²) in [5.41, 5.74) is 0.823. The van der Waals surface area contributed by atoms with Crippen molar-refractivity contribution in [2.24, 2.45) is 0 Å². The molecule has 0 bridgehead atoms. The summed E-state index contributed by atoms with van der Waals surface area (Å²) in [4.78, 5) is 12.4. The van der Waals surface area contributed by atoms with Crippen LogP contribution in [0.1, 0.15) is 28.9 Å². The Morgan fingerprint density at radius 1 is 1.17 bits per heavy atom. The normalized spacial score (nSPS) is 12.7. The highest BCUT2D eigenvalue weighted by Gasteiger charge is 2.16. The fourth-order valence-corrected chi connectivity index (χ4v) is 2.85. The first-order chi connectivity index (χ1) is 10.7. The molecule has 1 amide bonds. The van der Waals surface area contributed by atoms with Crippen LogP contribution in [-0.4, -0.2) is 25.7 Å². The van der Waals surface area contributed by atoms with E-state index in [1.54, 1.807) is 19.1 Å². The molecule has 0 aliphatic heterocycles. The predicted octanol–water partition coefficient (Wildman–Crippen LogP) is 2.94. The molecular formula is C16H16ClNO4S. The lowest BCUT2D eigenvalue weighted by Gasteiger charge is -2.15. The van der Waals surface area contributed by atoms with Gasteiger partial charge < -0.3 is 10.4 Å². The SMILES string of the molecule is C[C@H](NC(=O)c1cc(Cl)ccc1O)c1ccc(S(C)(=O)=O)cc1. The van der Waals surface area contributed by atoms with Crippen LogP contribution < -0.4 is 5.32 Å². The first-order valence-electron chi connectivity index (χ1n) is 6.78. The number of carbonyl (C=O) groups excluding carboxylic acids is 1. The molecule has 7 heteroatoms. The zero-order chi connectivity index (χ0) is 17.2. The van der Waals surface area contributed by atoms with E-state index in [0.29, 0.717) is 5.02 Å². The van der Waals surface area contributed by atoms with Crippen molar-refractivity contribution in [2.75, 3.05) is 6.26 Å². The second-order valence-electron chi connectivity index (χ2n) is 5.20. The number of hydrogen-bond acceptors (Lipinski definition) is 4. The van der Waals surface area contributed by atoms with Gasteiger partial charge in [0.25, 0.3) is 5.91 Å². The maximum Gasteiger partial charge on any atom is 0.255 e. The van der Waals surface area contributed by atoms with Crippen LogP contribution in [0.5, 0.6) is 5.75 Å². The molecule has 0 spiro atoms. The van der Waals surface area contributed by atoms with Gasteiger partial charge in [0.05, 0.1) is 16.5 Å². The van der Waals surface area contributed by atoms with Gasteiger partial charge in [-0.15, -0.1) is 0 Å². The lowest BCUT2D eigenvalue weighted by Crippen LogP contribution is -2.26. The molecule has 0 heterocycles. The molecule has 0 aromatic heterocycles. The van der Waals surface area contributed by atoms with Crippen LogP contribution in [0.15, 0.2) is 47.4 Å². The standard InChI is InChI=1S/C16H16ClNO4S/c1-10(11-3-6-13(7-4-11)23(2,21)22)18-16(20)14-9-12(17)5-8-15(14)19/h3-10,19H,1-2H3,(H,18,20)/t10-/m0/s1. The highest BCUT2D eigenvalue weighted by Crippen LogP contribution is 2.23. The van der Waals surface area contributed by atoms with Gasteiger partial charge in [0.15, 0.2) is 9.84 Å². The van der Waals surface area contributed by atoms with Gasteiger partial charge in [-0.3, -0.25) is 4.79 Å². The Hall–Kier alpha value is -2.05. The number of phenols is 1. The third-order valence-corrected chi connectivity index (χ3v) is 4.72. The fraction of sp³-hybridized carbons (Fsp3) is 0.188. The molecule has 0 unspecified atom stereocenters. The molecule has 0 saturated heterocycles. The predicted molar refractivity (Wildman–Crippen MR) is 88.5 cm³/mol. The van der Waals surface area contributed by atoms with E-state index in [2.05, 4.69) is 5.32 Å². The molecule has 122 valence electrons. The topological polar surface area (TPSA) is 83.5 Å². The first kappa shape index (κ1) is 17.3. The van der Waals surface area contributed by atoms with Crippen molar-refractivity contribution in [3.8, 4) is 5.75 Å². The maximum absolute atomic E-state index is 12.2. The molecule has 0 aliphatic carbocycles.